The number of fused-ring (bicyclic) bond motifs is 1. The van der Waals surface area contributed by atoms with Crippen LogP contribution in [0.4, 0.5) is 11.4 Å². The molecule has 5 heteroatoms. The quantitative estimate of drug-likeness (QED) is 0.626. The van der Waals surface area contributed by atoms with Crippen molar-refractivity contribution in [3.05, 3.63) is 72.8 Å². The van der Waals surface area contributed by atoms with Gasteiger partial charge in [0, 0.05) is 24.4 Å². The Bertz CT molecular complexity index is 917. The summed E-state index contributed by atoms with van der Waals surface area (Å²) in [5, 5.41) is 2.83. The van der Waals surface area contributed by atoms with Crippen LogP contribution in [-0.4, -0.2) is 25.0 Å². The highest BCUT2D eigenvalue weighted by atomic mass is 16.5. The number of carbonyl (C=O) groups excluding carboxylic acids is 2. The maximum atomic E-state index is 12.8. The third-order valence-corrected chi connectivity index (χ3v) is 4.47. The molecule has 0 bridgehead atoms. The molecule has 0 unspecified atom stereocenters. The van der Waals surface area contributed by atoms with Crippen molar-refractivity contribution >= 4 is 29.3 Å². The molecule has 0 aliphatic carbocycles. The van der Waals surface area contributed by atoms with Gasteiger partial charge in [-0.2, -0.15) is 0 Å². The molecule has 0 saturated heterocycles. The number of anilines is 2. The van der Waals surface area contributed by atoms with E-state index >= 15 is 0 Å². The SMILES string of the molecule is C=CCN1C(=O)C(C)(C)COc2cc(NC(=O)/C=C/c3ccccc3)ccc21. The lowest BCUT2D eigenvalue weighted by molar-refractivity contribution is -0.127. The fourth-order valence-corrected chi connectivity index (χ4v) is 2.96. The molecule has 3 rings (SSSR count). The molecule has 2 amide bonds. The maximum absolute atomic E-state index is 12.8. The molecular weight excluding hydrogens is 352 g/mol. The van der Waals surface area contributed by atoms with Gasteiger partial charge >= 0.3 is 0 Å². The van der Waals surface area contributed by atoms with E-state index < -0.39 is 5.41 Å². The zero-order valence-electron chi connectivity index (χ0n) is 16.1. The fourth-order valence-electron chi connectivity index (χ4n) is 2.96. The van der Waals surface area contributed by atoms with Crippen LogP contribution in [0.1, 0.15) is 19.4 Å². The monoisotopic (exact) mass is 376 g/mol. The molecule has 1 N–H and O–H groups in total. The summed E-state index contributed by atoms with van der Waals surface area (Å²) in [7, 11) is 0. The van der Waals surface area contributed by atoms with Gasteiger partial charge in [0.25, 0.3) is 0 Å². The Morgan fingerprint density at radius 1 is 1.25 bits per heavy atom. The summed E-state index contributed by atoms with van der Waals surface area (Å²) in [6.07, 6.45) is 4.92. The fraction of sp³-hybridized carbons (Fsp3) is 0.217. The molecule has 2 aromatic carbocycles. The van der Waals surface area contributed by atoms with Crippen molar-refractivity contribution < 1.29 is 14.3 Å². The maximum Gasteiger partial charge on any atom is 0.248 e. The van der Waals surface area contributed by atoms with E-state index in [0.29, 0.717) is 23.7 Å². The van der Waals surface area contributed by atoms with Gasteiger partial charge in [-0.05, 0) is 37.6 Å². The standard InChI is InChI=1S/C23H24N2O3/c1-4-14-25-19-12-11-18(15-20(19)28-16-23(2,3)22(25)27)24-21(26)13-10-17-8-6-5-7-9-17/h4-13,15H,1,14,16H2,2-3H3,(H,24,26)/b13-10+. The third kappa shape index (κ3) is 4.31. The summed E-state index contributed by atoms with van der Waals surface area (Å²) >= 11 is 0. The van der Waals surface area contributed by atoms with Crippen molar-refractivity contribution in [1.82, 2.24) is 0 Å². The highest BCUT2D eigenvalue weighted by Crippen LogP contribution is 2.38. The normalized spacial score (nSPS) is 15.5. The van der Waals surface area contributed by atoms with Gasteiger partial charge in [-0.1, -0.05) is 36.4 Å². The van der Waals surface area contributed by atoms with Crippen LogP contribution in [0.3, 0.4) is 0 Å². The molecule has 0 radical (unpaired) electrons. The lowest BCUT2D eigenvalue weighted by Gasteiger charge is -2.27. The number of amides is 2. The molecule has 0 spiro atoms. The molecule has 0 saturated carbocycles. The van der Waals surface area contributed by atoms with Crippen LogP contribution < -0.4 is 15.0 Å². The Hall–Kier alpha value is -3.34. The van der Waals surface area contributed by atoms with Crippen LogP contribution >= 0.6 is 0 Å². The van der Waals surface area contributed by atoms with Gasteiger partial charge in [0.15, 0.2) is 0 Å². The first kappa shape index (κ1) is 19.4. The van der Waals surface area contributed by atoms with E-state index in [1.54, 1.807) is 35.3 Å². The van der Waals surface area contributed by atoms with Gasteiger partial charge in [0.1, 0.15) is 12.4 Å². The Labute approximate surface area is 165 Å². The van der Waals surface area contributed by atoms with Crippen molar-refractivity contribution in [1.29, 1.82) is 0 Å². The second kappa shape index (κ2) is 8.13. The minimum absolute atomic E-state index is 0.0197. The zero-order chi connectivity index (χ0) is 20.1. The van der Waals surface area contributed by atoms with Gasteiger partial charge in [0.2, 0.25) is 11.8 Å². The molecule has 1 heterocycles. The summed E-state index contributed by atoms with van der Waals surface area (Å²) in [5.41, 5.74) is 1.58. The first-order valence-corrected chi connectivity index (χ1v) is 9.14. The van der Waals surface area contributed by atoms with Gasteiger partial charge in [-0.3, -0.25) is 9.59 Å². The number of hydrogen-bond donors (Lipinski definition) is 1. The number of hydrogen-bond acceptors (Lipinski definition) is 3. The molecule has 0 aromatic heterocycles. The van der Waals surface area contributed by atoms with E-state index in [1.807, 2.05) is 44.2 Å². The lowest BCUT2D eigenvalue weighted by atomic mass is 9.93. The topological polar surface area (TPSA) is 58.6 Å². The minimum Gasteiger partial charge on any atom is -0.490 e. The summed E-state index contributed by atoms with van der Waals surface area (Å²) in [6, 6.07) is 14.9. The summed E-state index contributed by atoms with van der Waals surface area (Å²) in [6.45, 7) is 8.11. The minimum atomic E-state index is -0.649. The van der Waals surface area contributed by atoms with Crippen LogP contribution in [0.15, 0.2) is 67.3 Å². The van der Waals surface area contributed by atoms with Gasteiger partial charge in [-0.15, -0.1) is 6.58 Å². The third-order valence-electron chi connectivity index (χ3n) is 4.47. The molecule has 5 nitrogen and oxygen atoms in total. The number of ether oxygens (including phenoxy) is 1. The average molecular weight is 376 g/mol. The number of benzene rings is 2. The Balaban J connectivity index is 1.80. The number of rotatable bonds is 5. The van der Waals surface area contributed by atoms with E-state index in [-0.39, 0.29) is 18.4 Å². The second-order valence-electron chi connectivity index (χ2n) is 7.29. The van der Waals surface area contributed by atoms with Crippen molar-refractivity contribution in [3.8, 4) is 5.75 Å². The van der Waals surface area contributed by atoms with Crippen LogP contribution in [0.5, 0.6) is 5.75 Å². The lowest BCUT2D eigenvalue weighted by Crippen LogP contribution is -2.42. The average Bonchev–Trinajstić information content (AvgIpc) is 2.78. The predicted octanol–water partition coefficient (Wildman–Crippen LogP) is 4.28. The Morgan fingerprint density at radius 3 is 2.71 bits per heavy atom. The molecule has 0 atom stereocenters. The van der Waals surface area contributed by atoms with Crippen LogP contribution in [0, 0.1) is 5.41 Å². The van der Waals surface area contributed by atoms with Crippen molar-refractivity contribution in [2.24, 2.45) is 5.41 Å². The second-order valence-corrected chi connectivity index (χ2v) is 7.29. The Morgan fingerprint density at radius 2 is 2.00 bits per heavy atom. The van der Waals surface area contributed by atoms with Crippen molar-refractivity contribution in [2.45, 2.75) is 13.8 Å². The van der Waals surface area contributed by atoms with E-state index in [1.165, 1.54) is 6.08 Å². The molecule has 2 aromatic rings. The van der Waals surface area contributed by atoms with Gasteiger partial charge < -0.3 is 15.0 Å². The van der Waals surface area contributed by atoms with Gasteiger partial charge in [-0.25, -0.2) is 0 Å². The number of nitrogens with zero attached hydrogens (tertiary/aromatic N) is 1. The first-order valence-electron chi connectivity index (χ1n) is 9.14. The van der Waals surface area contributed by atoms with Gasteiger partial charge in [0.05, 0.1) is 11.1 Å². The highest BCUT2D eigenvalue weighted by Gasteiger charge is 2.37. The number of nitrogens with one attached hydrogen (secondary N) is 1. The molecule has 1 aliphatic heterocycles. The first-order chi connectivity index (χ1) is 13.4. The summed E-state index contributed by atoms with van der Waals surface area (Å²) < 4.78 is 5.90. The smallest absolute Gasteiger partial charge is 0.248 e. The molecule has 1 aliphatic rings. The molecule has 0 fully saturated rings. The van der Waals surface area contributed by atoms with E-state index in [0.717, 1.165) is 5.56 Å². The molecule has 144 valence electrons. The van der Waals surface area contributed by atoms with E-state index in [9.17, 15) is 9.59 Å². The Kier molecular flexibility index (Phi) is 5.64. The number of carbonyl (C=O) groups is 2. The molecular formula is C23H24N2O3. The molecule has 28 heavy (non-hydrogen) atoms. The van der Waals surface area contributed by atoms with Crippen LogP contribution in [0.2, 0.25) is 0 Å². The largest absolute Gasteiger partial charge is 0.490 e. The predicted molar refractivity (Wildman–Crippen MR) is 112 cm³/mol. The van der Waals surface area contributed by atoms with E-state index in [2.05, 4.69) is 11.9 Å². The summed E-state index contributed by atoms with van der Waals surface area (Å²) in [5.74, 6) is 0.302. The highest BCUT2D eigenvalue weighted by molar-refractivity contribution is 6.03. The van der Waals surface area contributed by atoms with Crippen molar-refractivity contribution in [3.63, 3.8) is 0 Å². The van der Waals surface area contributed by atoms with Crippen LogP contribution in [0.25, 0.3) is 6.08 Å². The van der Waals surface area contributed by atoms with Crippen molar-refractivity contribution in [2.75, 3.05) is 23.4 Å². The van der Waals surface area contributed by atoms with Crippen LogP contribution in [-0.2, 0) is 9.59 Å². The van der Waals surface area contributed by atoms with E-state index in [4.69, 9.17) is 4.74 Å². The summed E-state index contributed by atoms with van der Waals surface area (Å²) in [4.78, 5) is 26.7. The zero-order valence-corrected chi connectivity index (χ0v) is 16.1.